The van der Waals surface area contributed by atoms with Gasteiger partial charge in [-0.05, 0) is 74.4 Å². The Kier molecular flexibility index (Phi) is 8.14. The molecular weight excluding hydrogens is 492 g/mol. The van der Waals surface area contributed by atoms with Gasteiger partial charge in [0.15, 0.2) is 22.7 Å². The van der Waals surface area contributed by atoms with Gasteiger partial charge in [-0.1, -0.05) is 17.7 Å². The topological polar surface area (TPSA) is 114 Å². The van der Waals surface area contributed by atoms with Crippen molar-refractivity contribution < 1.29 is 27.8 Å². The minimum atomic E-state index is -3.29. The molecule has 0 aliphatic carbocycles. The summed E-state index contributed by atoms with van der Waals surface area (Å²) in [4.78, 5) is 12.8. The third kappa shape index (κ3) is 7.03. The van der Waals surface area contributed by atoms with Gasteiger partial charge in [-0.15, -0.1) is 0 Å². The number of aryl methyl sites for hydroxylation is 2. The number of halogens is 1. The standard InChI is InChI=1S/C25H27ClN2O6S/c1-15-5-6-19(11-16(15)2)34-17(3)25(30)28-22-13-24(29)23(12-21(22)26)27-14-33-18-7-9-20(10-8-18)35(4,31)32/h5-13,17,27,29H,14H2,1-4H3,(H,28,30). The van der Waals surface area contributed by atoms with Crippen LogP contribution in [0.1, 0.15) is 18.1 Å². The number of anilines is 2. The van der Waals surface area contributed by atoms with E-state index < -0.39 is 21.8 Å². The second-order valence-corrected chi connectivity index (χ2v) is 10.5. The van der Waals surface area contributed by atoms with Crippen LogP contribution in [0.15, 0.2) is 59.5 Å². The summed E-state index contributed by atoms with van der Waals surface area (Å²) in [6, 6.07) is 14.3. The highest BCUT2D eigenvalue weighted by atomic mass is 35.5. The van der Waals surface area contributed by atoms with Crippen molar-refractivity contribution in [1.82, 2.24) is 0 Å². The van der Waals surface area contributed by atoms with E-state index in [0.29, 0.717) is 17.2 Å². The van der Waals surface area contributed by atoms with E-state index >= 15 is 0 Å². The fourth-order valence-corrected chi connectivity index (χ4v) is 3.90. The van der Waals surface area contributed by atoms with E-state index in [1.807, 2.05) is 26.0 Å². The molecule has 0 radical (unpaired) electrons. The molecule has 0 fully saturated rings. The number of ether oxygens (including phenoxy) is 2. The van der Waals surface area contributed by atoms with Crippen LogP contribution in [-0.4, -0.2) is 38.5 Å². The Balaban J connectivity index is 1.58. The van der Waals surface area contributed by atoms with Crippen molar-refractivity contribution in [3.8, 4) is 17.2 Å². The van der Waals surface area contributed by atoms with Crippen LogP contribution in [0.5, 0.6) is 17.2 Å². The lowest BCUT2D eigenvalue weighted by molar-refractivity contribution is -0.122. The molecule has 3 aromatic carbocycles. The van der Waals surface area contributed by atoms with Gasteiger partial charge in [-0.3, -0.25) is 4.79 Å². The summed E-state index contributed by atoms with van der Waals surface area (Å²) < 4.78 is 34.3. The zero-order chi connectivity index (χ0) is 25.8. The van der Waals surface area contributed by atoms with Crippen molar-refractivity contribution in [3.63, 3.8) is 0 Å². The first-order chi connectivity index (χ1) is 16.4. The molecule has 35 heavy (non-hydrogen) atoms. The lowest BCUT2D eigenvalue weighted by atomic mass is 10.1. The molecule has 0 spiro atoms. The third-order valence-electron chi connectivity index (χ3n) is 5.26. The number of benzene rings is 3. The number of amides is 1. The van der Waals surface area contributed by atoms with Crippen molar-refractivity contribution >= 4 is 38.7 Å². The highest BCUT2D eigenvalue weighted by Gasteiger charge is 2.18. The Morgan fingerprint density at radius 3 is 2.29 bits per heavy atom. The summed E-state index contributed by atoms with van der Waals surface area (Å²) in [6.45, 7) is 5.56. The summed E-state index contributed by atoms with van der Waals surface area (Å²) in [5, 5.41) is 16.1. The monoisotopic (exact) mass is 518 g/mol. The van der Waals surface area contributed by atoms with Gasteiger partial charge in [0.25, 0.3) is 5.91 Å². The molecule has 1 amide bonds. The van der Waals surface area contributed by atoms with Crippen LogP contribution in [-0.2, 0) is 14.6 Å². The predicted octanol–water partition coefficient (Wildman–Crippen LogP) is 4.92. The molecule has 3 rings (SSSR count). The quantitative estimate of drug-likeness (QED) is 0.272. The molecule has 3 N–H and O–H groups in total. The van der Waals surface area contributed by atoms with E-state index in [9.17, 15) is 18.3 Å². The van der Waals surface area contributed by atoms with Crippen LogP contribution in [0.2, 0.25) is 5.02 Å². The molecule has 0 aliphatic rings. The van der Waals surface area contributed by atoms with E-state index in [1.54, 1.807) is 13.0 Å². The smallest absolute Gasteiger partial charge is 0.265 e. The zero-order valence-electron chi connectivity index (χ0n) is 19.8. The molecule has 1 atom stereocenters. The highest BCUT2D eigenvalue weighted by molar-refractivity contribution is 7.90. The number of sulfone groups is 1. The van der Waals surface area contributed by atoms with Crippen molar-refractivity contribution in [2.45, 2.75) is 31.8 Å². The third-order valence-corrected chi connectivity index (χ3v) is 6.70. The number of hydrogen-bond donors (Lipinski definition) is 3. The minimum Gasteiger partial charge on any atom is -0.506 e. The molecule has 8 nitrogen and oxygen atoms in total. The summed E-state index contributed by atoms with van der Waals surface area (Å²) in [5.41, 5.74) is 2.70. The van der Waals surface area contributed by atoms with Gasteiger partial charge in [0.1, 0.15) is 17.2 Å². The maximum absolute atomic E-state index is 12.6. The number of carbonyl (C=O) groups is 1. The van der Waals surface area contributed by atoms with E-state index in [4.69, 9.17) is 21.1 Å². The lowest BCUT2D eigenvalue weighted by Gasteiger charge is -2.17. The summed E-state index contributed by atoms with van der Waals surface area (Å²) in [6.07, 6.45) is 0.331. The molecule has 0 aromatic heterocycles. The first-order valence-electron chi connectivity index (χ1n) is 10.7. The normalized spacial score (nSPS) is 12.0. The minimum absolute atomic E-state index is 0.0192. The number of hydrogen-bond acceptors (Lipinski definition) is 7. The average molecular weight is 519 g/mol. The Hall–Kier alpha value is -3.43. The van der Waals surface area contributed by atoms with Crippen LogP contribution >= 0.6 is 11.6 Å². The number of phenols is 1. The number of rotatable bonds is 9. The molecule has 0 bridgehead atoms. The van der Waals surface area contributed by atoms with Gasteiger partial charge in [-0.25, -0.2) is 8.42 Å². The van der Waals surface area contributed by atoms with Gasteiger partial charge in [0.2, 0.25) is 0 Å². The molecule has 10 heteroatoms. The van der Waals surface area contributed by atoms with E-state index in [0.717, 1.165) is 17.4 Å². The lowest BCUT2D eigenvalue weighted by Crippen LogP contribution is -2.30. The molecule has 0 aliphatic heterocycles. The summed E-state index contributed by atoms with van der Waals surface area (Å²) in [5.74, 6) is 0.446. The zero-order valence-corrected chi connectivity index (χ0v) is 21.3. The SMILES string of the molecule is Cc1ccc(OC(C)C(=O)Nc2cc(O)c(NCOc3ccc(S(C)(=O)=O)cc3)cc2Cl)cc1C. The maximum atomic E-state index is 12.6. The van der Waals surface area contributed by atoms with Crippen molar-refractivity contribution in [2.75, 3.05) is 23.6 Å². The molecule has 0 saturated heterocycles. The molecule has 1 unspecified atom stereocenters. The Bertz CT molecular complexity index is 1330. The van der Waals surface area contributed by atoms with E-state index in [2.05, 4.69) is 10.6 Å². The first-order valence-corrected chi connectivity index (χ1v) is 12.9. The number of nitrogens with one attached hydrogen (secondary N) is 2. The van der Waals surface area contributed by atoms with E-state index in [-0.39, 0.29) is 28.1 Å². The molecule has 186 valence electrons. The predicted molar refractivity (Wildman–Crippen MR) is 136 cm³/mol. The largest absolute Gasteiger partial charge is 0.506 e. The maximum Gasteiger partial charge on any atom is 0.265 e. The van der Waals surface area contributed by atoms with Crippen LogP contribution < -0.4 is 20.1 Å². The van der Waals surface area contributed by atoms with Crippen molar-refractivity contribution in [3.05, 3.63) is 70.7 Å². The van der Waals surface area contributed by atoms with Crippen molar-refractivity contribution in [1.29, 1.82) is 0 Å². The Morgan fingerprint density at radius 2 is 1.66 bits per heavy atom. The molecule has 3 aromatic rings. The van der Waals surface area contributed by atoms with Gasteiger partial charge < -0.3 is 25.2 Å². The van der Waals surface area contributed by atoms with Gasteiger partial charge in [0.05, 0.1) is 21.3 Å². The second-order valence-electron chi connectivity index (χ2n) is 8.05. The first kappa shape index (κ1) is 26.2. The second kappa shape index (κ2) is 10.9. The van der Waals surface area contributed by atoms with Gasteiger partial charge >= 0.3 is 0 Å². The van der Waals surface area contributed by atoms with Crippen LogP contribution in [0.3, 0.4) is 0 Å². The molecular formula is C25H27ClN2O6S. The Labute approximate surface area is 209 Å². The molecule has 0 saturated carbocycles. The Morgan fingerprint density at radius 1 is 1.00 bits per heavy atom. The molecule has 0 heterocycles. The van der Waals surface area contributed by atoms with Crippen LogP contribution in [0.25, 0.3) is 0 Å². The van der Waals surface area contributed by atoms with Gasteiger partial charge in [-0.2, -0.15) is 0 Å². The number of aromatic hydroxyl groups is 1. The fraction of sp³-hybridized carbons (Fsp3) is 0.240. The summed E-state index contributed by atoms with van der Waals surface area (Å²) in [7, 11) is -3.29. The van der Waals surface area contributed by atoms with Crippen LogP contribution in [0.4, 0.5) is 11.4 Å². The van der Waals surface area contributed by atoms with Crippen molar-refractivity contribution in [2.24, 2.45) is 0 Å². The summed E-state index contributed by atoms with van der Waals surface area (Å²) >= 11 is 6.30. The number of carbonyl (C=O) groups excluding carboxylic acids is 1. The number of phenolic OH excluding ortho intramolecular Hbond substituents is 1. The highest BCUT2D eigenvalue weighted by Crippen LogP contribution is 2.34. The van der Waals surface area contributed by atoms with E-state index in [1.165, 1.54) is 36.4 Å². The van der Waals surface area contributed by atoms with Gasteiger partial charge in [0, 0.05) is 12.3 Å². The average Bonchev–Trinajstić information content (AvgIpc) is 2.79. The van der Waals surface area contributed by atoms with Crippen LogP contribution in [0, 0.1) is 13.8 Å². The fourth-order valence-electron chi connectivity index (χ4n) is 3.06.